The molecule has 0 unspecified atom stereocenters. The number of rotatable bonds is 2. The predicted octanol–water partition coefficient (Wildman–Crippen LogP) is 4.22. The minimum Gasteiger partial charge on any atom is -0.318 e. The number of nitrogens with two attached hydrogens (primary N) is 1. The lowest BCUT2D eigenvalue weighted by Gasteiger charge is -2.27. The van der Waals surface area contributed by atoms with E-state index in [4.69, 9.17) is 28.9 Å². The van der Waals surface area contributed by atoms with Crippen molar-refractivity contribution in [3.63, 3.8) is 0 Å². The van der Waals surface area contributed by atoms with Gasteiger partial charge in [0.15, 0.2) is 0 Å². The van der Waals surface area contributed by atoms with Crippen molar-refractivity contribution >= 4 is 23.2 Å². The molecule has 3 heteroatoms. The molecule has 0 aliphatic carbocycles. The molecule has 1 nitrogen and oxygen atoms in total. The van der Waals surface area contributed by atoms with Gasteiger partial charge in [-0.15, -0.1) is 0 Å². The van der Waals surface area contributed by atoms with Crippen LogP contribution >= 0.6 is 23.2 Å². The van der Waals surface area contributed by atoms with Gasteiger partial charge >= 0.3 is 0 Å². The first kappa shape index (κ1) is 12.4. The Balaban J connectivity index is 2.58. The topological polar surface area (TPSA) is 26.0 Å². The molecule has 0 saturated carbocycles. The van der Waals surface area contributed by atoms with Crippen LogP contribution in [0.5, 0.6) is 0 Å². The van der Waals surface area contributed by atoms with E-state index in [1.165, 1.54) is 0 Å². The van der Waals surface area contributed by atoms with Crippen molar-refractivity contribution in [3.05, 3.63) is 69.7 Å². The van der Waals surface area contributed by atoms with Crippen LogP contribution in [0.15, 0.2) is 48.5 Å². The first-order valence-electron chi connectivity index (χ1n) is 5.32. The zero-order chi connectivity index (χ0) is 12.5. The molecule has 0 aliphatic heterocycles. The van der Waals surface area contributed by atoms with Crippen LogP contribution < -0.4 is 5.73 Å². The van der Waals surface area contributed by atoms with Gasteiger partial charge in [0.05, 0.1) is 5.54 Å². The van der Waals surface area contributed by atoms with E-state index >= 15 is 0 Å². The Morgan fingerprint density at radius 3 is 1.53 bits per heavy atom. The van der Waals surface area contributed by atoms with Gasteiger partial charge in [-0.05, 0) is 30.2 Å². The standard InChI is InChI=1S/C14H13Cl2N/c1-14(17,10-6-2-4-8-12(10)15)11-7-3-5-9-13(11)16/h2-9H,17H2,1H3. The van der Waals surface area contributed by atoms with Gasteiger partial charge in [0.1, 0.15) is 0 Å². The zero-order valence-corrected chi connectivity index (χ0v) is 11.0. The highest BCUT2D eigenvalue weighted by Gasteiger charge is 2.27. The second-order valence-electron chi connectivity index (χ2n) is 4.16. The summed E-state index contributed by atoms with van der Waals surface area (Å²) < 4.78 is 0. The lowest BCUT2D eigenvalue weighted by molar-refractivity contribution is 0.603. The van der Waals surface area contributed by atoms with Gasteiger partial charge in [0.25, 0.3) is 0 Å². The van der Waals surface area contributed by atoms with E-state index in [9.17, 15) is 0 Å². The molecule has 0 atom stereocenters. The van der Waals surface area contributed by atoms with Crippen molar-refractivity contribution in [3.8, 4) is 0 Å². The highest BCUT2D eigenvalue weighted by molar-refractivity contribution is 6.32. The summed E-state index contributed by atoms with van der Waals surface area (Å²) in [6, 6.07) is 15.1. The summed E-state index contributed by atoms with van der Waals surface area (Å²) in [5, 5.41) is 1.30. The van der Waals surface area contributed by atoms with Crippen LogP contribution in [0.3, 0.4) is 0 Å². The molecular weight excluding hydrogens is 253 g/mol. The van der Waals surface area contributed by atoms with Crippen molar-refractivity contribution in [1.82, 2.24) is 0 Å². The van der Waals surface area contributed by atoms with Crippen molar-refractivity contribution in [1.29, 1.82) is 0 Å². The maximum Gasteiger partial charge on any atom is 0.0666 e. The third kappa shape index (κ3) is 2.32. The summed E-state index contributed by atoms with van der Waals surface area (Å²) in [5.74, 6) is 0. The van der Waals surface area contributed by atoms with Crippen molar-refractivity contribution in [2.75, 3.05) is 0 Å². The lowest BCUT2D eigenvalue weighted by Crippen LogP contribution is -2.34. The highest BCUT2D eigenvalue weighted by atomic mass is 35.5. The second-order valence-corrected chi connectivity index (χ2v) is 4.98. The maximum atomic E-state index is 6.39. The smallest absolute Gasteiger partial charge is 0.0666 e. The first-order chi connectivity index (χ1) is 8.03. The maximum absolute atomic E-state index is 6.39. The van der Waals surface area contributed by atoms with Crippen LogP contribution in [-0.4, -0.2) is 0 Å². The third-order valence-electron chi connectivity index (χ3n) is 2.87. The van der Waals surface area contributed by atoms with Crippen molar-refractivity contribution in [2.45, 2.75) is 12.5 Å². The van der Waals surface area contributed by atoms with E-state index in [-0.39, 0.29) is 0 Å². The second kappa shape index (κ2) is 4.69. The molecule has 0 radical (unpaired) electrons. The molecule has 2 aromatic rings. The summed E-state index contributed by atoms with van der Waals surface area (Å²) in [7, 11) is 0. The molecule has 0 fully saturated rings. The normalized spacial score (nSPS) is 11.5. The molecule has 0 heterocycles. The fourth-order valence-electron chi connectivity index (χ4n) is 1.91. The Morgan fingerprint density at radius 1 is 0.824 bits per heavy atom. The summed E-state index contributed by atoms with van der Waals surface area (Å²) in [6.45, 7) is 1.91. The number of halogens is 2. The largest absolute Gasteiger partial charge is 0.318 e. The monoisotopic (exact) mass is 265 g/mol. The zero-order valence-electron chi connectivity index (χ0n) is 9.45. The van der Waals surface area contributed by atoms with E-state index in [1.807, 2.05) is 55.5 Å². The minimum absolute atomic E-state index is 0.650. The SMILES string of the molecule is CC(N)(c1ccccc1Cl)c1ccccc1Cl. The fraction of sp³-hybridized carbons (Fsp3) is 0.143. The number of benzene rings is 2. The van der Waals surface area contributed by atoms with Crippen molar-refractivity contribution < 1.29 is 0 Å². The summed E-state index contributed by atoms with van der Waals surface area (Å²) in [4.78, 5) is 0. The van der Waals surface area contributed by atoms with Gasteiger partial charge in [0.2, 0.25) is 0 Å². The molecule has 2 rings (SSSR count). The van der Waals surface area contributed by atoms with Crippen LogP contribution in [0.2, 0.25) is 10.0 Å². The predicted molar refractivity (Wildman–Crippen MR) is 73.5 cm³/mol. The Morgan fingerprint density at radius 2 is 1.18 bits per heavy atom. The van der Waals surface area contributed by atoms with Gasteiger partial charge in [-0.25, -0.2) is 0 Å². The van der Waals surface area contributed by atoms with E-state index in [1.54, 1.807) is 0 Å². The van der Waals surface area contributed by atoms with E-state index in [0.29, 0.717) is 10.0 Å². The highest BCUT2D eigenvalue weighted by Crippen LogP contribution is 2.35. The van der Waals surface area contributed by atoms with Gasteiger partial charge < -0.3 is 5.73 Å². The Hall–Kier alpha value is -1.02. The van der Waals surface area contributed by atoms with Crippen LogP contribution in [0.1, 0.15) is 18.1 Å². The van der Waals surface area contributed by atoms with E-state index in [0.717, 1.165) is 11.1 Å². The average Bonchev–Trinajstić information content (AvgIpc) is 2.29. The van der Waals surface area contributed by atoms with Gasteiger partial charge in [-0.3, -0.25) is 0 Å². The summed E-state index contributed by atoms with van der Waals surface area (Å²) in [5.41, 5.74) is 7.43. The molecule has 0 saturated heterocycles. The van der Waals surface area contributed by atoms with Crippen LogP contribution in [0.4, 0.5) is 0 Å². The van der Waals surface area contributed by atoms with E-state index in [2.05, 4.69) is 0 Å². The Kier molecular flexibility index (Phi) is 3.43. The molecular formula is C14H13Cl2N. The first-order valence-corrected chi connectivity index (χ1v) is 6.08. The minimum atomic E-state index is -0.698. The van der Waals surface area contributed by atoms with Gasteiger partial charge in [-0.1, -0.05) is 59.6 Å². The fourth-order valence-corrected chi connectivity index (χ4v) is 2.57. The summed E-state index contributed by atoms with van der Waals surface area (Å²) in [6.07, 6.45) is 0. The Labute approximate surface area is 111 Å². The molecule has 17 heavy (non-hydrogen) atoms. The van der Waals surface area contributed by atoms with Gasteiger partial charge in [-0.2, -0.15) is 0 Å². The number of hydrogen-bond acceptors (Lipinski definition) is 1. The molecule has 0 amide bonds. The van der Waals surface area contributed by atoms with Gasteiger partial charge in [0, 0.05) is 10.0 Å². The quantitative estimate of drug-likeness (QED) is 0.865. The molecule has 0 aromatic heterocycles. The molecule has 0 bridgehead atoms. The Bertz CT molecular complexity index is 488. The molecule has 2 N–H and O–H groups in total. The summed E-state index contributed by atoms with van der Waals surface area (Å²) >= 11 is 12.4. The molecule has 0 spiro atoms. The average molecular weight is 266 g/mol. The lowest BCUT2D eigenvalue weighted by atomic mass is 9.85. The molecule has 2 aromatic carbocycles. The van der Waals surface area contributed by atoms with Crippen LogP contribution in [0, 0.1) is 0 Å². The van der Waals surface area contributed by atoms with E-state index < -0.39 is 5.54 Å². The third-order valence-corrected chi connectivity index (χ3v) is 3.53. The molecule has 88 valence electrons. The van der Waals surface area contributed by atoms with Crippen LogP contribution in [0.25, 0.3) is 0 Å². The molecule has 0 aliphatic rings. The number of hydrogen-bond donors (Lipinski definition) is 1. The van der Waals surface area contributed by atoms with Crippen molar-refractivity contribution in [2.24, 2.45) is 5.73 Å². The van der Waals surface area contributed by atoms with Crippen LogP contribution in [-0.2, 0) is 5.54 Å².